The van der Waals surface area contributed by atoms with Gasteiger partial charge in [-0.15, -0.1) is 0 Å². The third kappa shape index (κ3) is 4.88. The summed E-state index contributed by atoms with van der Waals surface area (Å²) in [6, 6.07) is 4.25. The third-order valence-electron chi connectivity index (χ3n) is 5.00. The highest BCUT2D eigenvalue weighted by atomic mass is 16.3. The Hall–Kier alpha value is -1.71. The Labute approximate surface area is 138 Å². The van der Waals surface area contributed by atoms with Gasteiger partial charge in [0, 0.05) is 12.6 Å². The number of rotatable bonds is 5. The fourth-order valence-corrected chi connectivity index (χ4v) is 3.66. The van der Waals surface area contributed by atoms with Crippen LogP contribution in [0, 0.1) is 5.92 Å². The normalized spacial score (nSPS) is 22.0. The minimum absolute atomic E-state index is 0.0721. The minimum atomic E-state index is 0.0721. The fraction of sp³-hybridized carbons (Fsp3) is 0.632. The maximum absolute atomic E-state index is 12.8. The quantitative estimate of drug-likeness (QED) is 0.814. The molecule has 0 aromatic carbocycles. The summed E-state index contributed by atoms with van der Waals surface area (Å²) in [5.41, 5.74) is 0. The van der Waals surface area contributed by atoms with Crippen molar-refractivity contribution in [3.63, 3.8) is 0 Å². The topological polar surface area (TPSA) is 45.5 Å². The summed E-state index contributed by atoms with van der Waals surface area (Å²) in [5, 5.41) is 3.25. The fourth-order valence-electron chi connectivity index (χ4n) is 3.66. The van der Waals surface area contributed by atoms with Crippen LogP contribution >= 0.6 is 0 Å². The number of carbonyl (C=O) groups is 1. The van der Waals surface area contributed by atoms with Crippen LogP contribution in [0.2, 0.25) is 0 Å². The van der Waals surface area contributed by atoms with E-state index in [2.05, 4.69) is 17.5 Å². The first-order chi connectivity index (χ1) is 11.3. The van der Waals surface area contributed by atoms with Gasteiger partial charge in [0.2, 0.25) is 0 Å². The maximum Gasteiger partial charge on any atom is 0.318 e. The second-order valence-electron chi connectivity index (χ2n) is 6.89. The first kappa shape index (κ1) is 16.2. The Bertz CT molecular complexity index is 503. The number of allylic oxidation sites excluding steroid dienone is 2. The SMILES string of the molecule is O=C(NC1CCCCC1)N(Cc1ccco1)C[C@H]1CC=CCC1. The van der Waals surface area contributed by atoms with E-state index in [0.29, 0.717) is 18.5 Å². The van der Waals surface area contributed by atoms with Crippen LogP contribution < -0.4 is 5.32 Å². The number of nitrogens with zero attached hydrogens (tertiary/aromatic N) is 1. The summed E-state index contributed by atoms with van der Waals surface area (Å²) in [6.07, 6.45) is 15.5. The van der Waals surface area contributed by atoms with E-state index < -0.39 is 0 Å². The lowest BCUT2D eigenvalue weighted by molar-refractivity contribution is 0.170. The average molecular weight is 316 g/mol. The third-order valence-corrected chi connectivity index (χ3v) is 5.00. The summed E-state index contributed by atoms with van der Waals surface area (Å²) in [4.78, 5) is 14.7. The molecule has 2 amide bonds. The van der Waals surface area contributed by atoms with E-state index >= 15 is 0 Å². The van der Waals surface area contributed by atoms with Gasteiger partial charge in [0.15, 0.2) is 0 Å². The van der Waals surface area contributed by atoms with Crippen molar-refractivity contribution in [2.75, 3.05) is 6.54 Å². The Morgan fingerprint density at radius 3 is 2.78 bits per heavy atom. The van der Waals surface area contributed by atoms with Crippen molar-refractivity contribution >= 4 is 6.03 Å². The molecule has 23 heavy (non-hydrogen) atoms. The predicted octanol–water partition coefficient (Wildman–Crippen LogP) is 4.48. The van der Waals surface area contributed by atoms with Crippen LogP contribution in [0.15, 0.2) is 35.0 Å². The maximum atomic E-state index is 12.8. The number of hydrogen-bond donors (Lipinski definition) is 1. The Morgan fingerprint density at radius 2 is 2.09 bits per heavy atom. The van der Waals surface area contributed by atoms with Gasteiger partial charge >= 0.3 is 6.03 Å². The van der Waals surface area contributed by atoms with Crippen molar-refractivity contribution in [2.24, 2.45) is 5.92 Å². The number of furan rings is 1. The summed E-state index contributed by atoms with van der Waals surface area (Å²) in [5.74, 6) is 1.42. The van der Waals surface area contributed by atoms with Crippen LogP contribution in [0.3, 0.4) is 0 Å². The standard InChI is InChI=1S/C19H28N2O2/c22-19(20-17-10-5-2-6-11-17)21(15-18-12-7-13-23-18)14-16-8-3-1-4-9-16/h1,3,7,12-13,16-17H,2,4-6,8-11,14-15H2,(H,20,22)/t16-/m0/s1. The zero-order chi connectivity index (χ0) is 15.9. The number of hydrogen-bond acceptors (Lipinski definition) is 2. The molecule has 0 unspecified atom stereocenters. The molecule has 1 aromatic rings. The average Bonchev–Trinajstić information content (AvgIpc) is 3.09. The molecule has 2 aliphatic rings. The summed E-state index contributed by atoms with van der Waals surface area (Å²) in [6.45, 7) is 1.37. The highest BCUT2D eigenvalue weighted by Crippen LogP contribution is 2.22. The van der Waals surface area contributed by atoms with Crippen molar-refractivity contribution in [3.8, 4) is 0 Å². The van der Waals surface area contributed by atoms with Gasteiger partial charge < -0.3 is 14.6 Å². The van der Waals surface area contributed by atoms with Gasteiger partial charge in [-0.25, -0.2) is 4.79 Å². The van der Waals surface area contributed by atoms with Crippen LogP contribution in [0.25, 0.3) is 0 Å². The second-order valence-corrected chi connectivity index (χ2v) is 6.89. The molecule has 1 N–H and O–H groups in total. The Morgan fingerprint density at radius 1 is 1.22 bits per heavy atom. The highest BCUT2D eigenvalue weighted by Gasteiger charge is 2.23. The van der Waals surface area contributed by atoms with E-state index in [1.54, 1.807) is 6.26 Å². The van der Waals surface area contributed by atoms with E-state index in [1.165, 1.54) is 25.7 Å². The molecule has 4 heteroatoms. The highest BCUT2D eigenvalue weighted by molar-refractivity contribution is 5.74. The van der Waals surface area contributed by atoms with Crippen molar-refractivity contribution < 1.29 is 9.21 Å². The van der Waals surface area contributed by atoms with Gasteiger partial charge in [-0.05, 0) is 50.2 Å². The van der Waals surface area contributed by atoms with Gasteiger partial charge in [0.05, 0.1) is 12.8 Å². The molecule has 0 radical (unpaired) electrons. The zero-order valence-electron chi connectivity index (χ0n) is 13.9. The summed E-state index contributed by atoms with van der Waals surface area (Å²) < 4.78 is 5.46. The van der Waals surface area contributed by atoms with Crippen LogP contribution in [-0.2, 0) is 6.54 Å². The smallest absolute Gasteiger partial charge is 0.318 e. The van der Waals surface area contributed by atoms with Gasteiger partial charge in [0.25, 0.3) is 0 Å². The van der Waals surface area contributed by atoms with Crippen LogP contribution in [0.1, 0.15) is 57.1 Å². The summed E-state index contributed by atoms with van der Waals surface area (Å²) in [7, 11) is 0. The van der Waals surface area contributed by atoms with E-state index in [1.807, 2.05) is 17.0 Å². The molecule has 1 atom stereocenters. The van der Waals surface area contributed by atoms with Crippen molar-refractivity contribution in [1.29, 1.82) is 0 Å². The lowest BCUT2D eigenvalue weighted by Gasteiger charge is -2.31. The molecule has 0 aliphatic heterocycles. The second kappa shape index (κ2) is 8.23. The number of nitrogens with one attached hydrogen (secondary N) is 1. The van der Waals surface area contributed by atoms with Gasteiger partial charge in [-0.1, -0.05) is 31.4 Å². The van der Waals surface area contributed by atoms with E-state index in [-0.39, 0.29) is 6.03 Å². The molecule has 1 aromatic heterocycles. The molecule has 0 spiro atoms. The molecule has 0 saturated heterocycles. The molecule has 4 nitrogen and oxygen atoms in total. The van der Waals surface area contributed by atoms with Crippen molar-refractivity contribution in [2.45, 2.75) is 64.0 Å². The molecule has 1 saturated carbocycles. The molecule has 3 rings (SSSR count). The van der Waals surface area contributed by atoms with Crippen LogP contribution in [0.5, 0.6) is 0 Å². The minimum Gasteiger partial charge on any atom is -0.467 e. The van der Waals surface area contributed by atoms with E-state index in [0.717, 1.165) is 38.0 Å². The number of carbonyl (C=O) groups excluding carboxylic acids is 1. The molecular weight excluding hydrogens is 288 g/mol. The van der Waals surface area contributed by atoms with Gasteiger partial charge in [0.1, 0.15) is 5.76 Å². The lowest BCUT2D eigenvalue weighted by Crippen LogP contribution is -2.46. The molecule has 126 valence electrons. The molecule has 1 fully saturated rings. The Balaban J connectivity index is 1.60. The molecule has 1 heterocycles. The monoisotopic (exact) mass is 316 g/mol. The Kier molecular flexibility index (Phi) is 5.78. The largest absolute Gasteiger partial charge is 0.467 e. The van der Waals surface area contributed by atoms with E-state index in [9.17, 15) is 4.79 Å². The molecule has 0 bridgehead atoms. The zero-order valence-corrected chi connectivity index (χ0v) is 13.9. The van der Waals surface area contributed by atoms with Gasteiger partial charge in [-0.2, -0.15) is 0 Å². The number of amides is 2. The van der Waals surface area contributed by atoms with Gasteiger partial charge in [-0.3, -0.25) is 0 Å². The first-order valence-corrected chi connectivity index (χ1v) is 9.04. The van der Waals surface area contributed by atoms with Crippen molar-refractivity contribution in [3.05, 3.63) is 36.3 Å². The molecular formula is C19H28N2O2. The number of urea groups is 1. The first-order valence-electron chi connectivity index (χ1n) is 9.04. The lowest BCUT2D eigenvalue weighted by atomic mass is 9.94. The van der Waals surface area contributed by atoms with E-state index in [4.69, 9.17) is 4.42 Å². The van der Waals surface area contributed by atoms with Crippen molar-refractivity contribution in [1.82, 2.24) is 10.2 Å². The summed E-state index contributed by atoms with van der Waals surface area (Å²) >= 11 is 0. The van der Waals surface area contributed by atoms with Crippen LogP contribution in [0.4, 0.5) is 4.79 Å². The molecule has 2 aliphatic carbocycles. The van der Waals surface area contributed by atoms with Crippen LogP contribution in [-0.4, -0.2) is 23.5 Å². The predicted molar refractivity (Wildman–Crippen MR) is 91.0 cm³/mol.